The second-order valence-corrected chi connectivity index (χ2v) is 16.4. The lowest BCUT2D eigenvalue weighted by molar-refractivity contribution is 0.00658. The van der Waals surface area contributed by atoms with E-state index < -0.39 is 11.2 Å². The number of piperidine rings is 1. The molecule has 1 aliphatic heterocycles. The Hall–Kier alpha value is -4.60. The summed E-state index contributed by atoms with van der Waals surface area (Å²) in [6, 6.07) is 16.5. The molecule has 266 valence electrons. The Balaban J connectivity index is 1.14. The van der Waals surface area contributed by atoms with Crippen molar-refractivity contribution in [2.24, 2.45) is 5.41 Å². The molecule has 0 bridgehead atoms. The number of aromatic amines is 2. The maximum Gasteiger partial charge on any atom is 0.411 e. The molecule has 2 aromatic heterocycles. The highest BCUT2D eigenvalue weighted by molar-refractivity contribution is 5.73. The van der Waals surface area contributed by atoms with Gasteiger partial charge in [-0.1, -0.05) is 62.4 Å². The van der Waals surface area contributed by atoms with Crippen molar-refractivity contribution in [2.45, 2.75) is 124 Å². The number of H-pyrrole nitrogens is 2. The SMILES string of the molecule is CC[C@@H](c1nc(-c2ccc(-c3ccc(-c4c[nH]c([C@@H]5C[C@@]6(C)C[C@H]6N5C(=O)OC(C)(C)C)n4)cc3)cc2)c[nH]1)N(C(=O)OC(C)(C)C)C(C)C. The molecule has 6 rings (SSSR count). The van der Waals surface area contributed by atoms with Crippen LogP contribution in [-0.2, 0) is 9.47 Å². The van der Waals surface area contributed by atoms with E-state index in [2.05, 4.69) is 72.3 Å². The summed E-state index contributed by atoms with van der Waals surface area (Å²) in [5.74, 6) is 1.53. The molecule has 1 aliphatic carbocycles. The number of fused-ring (bicyclic) bond motifs is 1. The van der Waals surface area contributed by atoms with Gasteiger partial charge in [0.15, 0.2) is 0 Å². The highest BCUT2D eigenvalue weighted by Gasteiger charge is 2.64. The van der Waals surface area contributed by atoms with Gasteiger partial charge in [0.25, 0.3) is 0 Å². The molecule has 1 saturated heterocycles. The molecule has 10 nitrogen and oxygen atoms in total. The van der Waals surface area contributed by atoms with E-state index in [9.17, 15) is 9.59 Å². The molecule has 0 spiro atoms. The first-order valence-electron chi connectivity index (χ1n) is 17.8. The van der Waals surface area contributed by atoms with E-state index in [4.69, 9.17) is 19.4 Å². The summed E-state index contributed by atoms with van der Waals surface area (Å²) in [6.07, 6.45) is 5.79. The quantitative estimate of drug-likeness (QED) is 0.191. The Morgan fingerprint density at radius 3 is 1.88 bits per heavy atom. The van der Waals surface area contributed by atoms with E-state index in [1.54, 1.807) is 4.90 Å². The van der Waals surface area contributed by atoms with Crippen molar-refractivity contribution in [3.63, 3.8) is 0 Å². The van der Waals surface area contributed by atoms with E-state index >= 15 is 0 Å². The smallest absolute Gasteiger partial charge is 0.411 e. The number of amides is 2. The number of carbonyl (C=O) groups is 2. The molecular weight excluding hydrogens is 628 g/mol. The number of aromatic nitrogens is 4. The van der Waals surface area contributed by atoms with Crippen LogP contribution in [0.5, 0.6) is 0 Å². The largest absolute Gasteiger partial charge is 0.444 e. The predicted molar refractivity (Wildman–Crippen MR) is 195 cm³/mol. The fourth-order valence-electron chi connectivity index (χ4n) is 7.10. The van der Waals surface area contributed by atoms with Crippen LogP contribution >= 0.6 is 0 Å². The van der Waals surface area contributed by atoms with Crippen molar-refractivity contribution in [1.82, 2.24) is 29.7 Å². The van der Waals surface area contributed by atoms with Gasteiger partial charge >= 0.3 is 12.2 Å². The van der Waals surface area contributed by atoms with Gasteiger partial charge in [0.05, 0.1) is 23.5 Å². The number of imidazole rings is 2. The minimum Gasteiger partial charge on any atom is -0.444 e. The number of likely N-dealkylation sites (tertiary alicyclic amines) is 1. The normalized spacial score (nSPS) is 20.8. The Morgan fingerprint density at radius 2 is 1.36 bits per heavy atom. The Kier molecular flexibility index (Phi) is 9.12. The summed E-state index contributed by atoms with van der Waals surface area (Å²) in [6.45, 7) is 19.6. The fourth-order valence-corrected chi connectivity index (χ4v) is 7.10. The Labute approximate surface area is 296 Å². The van der Waals surface area contributed by atoms with Gasteiger partial charge in [0.1, 0.15) is 22.9 Å². The molecule has 2 aliphatic rings. The van der Waals surface area contributed by atoms with Crippen LogP contribution in [0.2, 0.25) is 0 Å². The average Bonchev–Trinajstić information content (AvgIpc) is 3.46. The molecule has 2 N–H and O–H groups in total. The monoisotopic (exact) mass is 680 g/mol. The number of nitrogens with one attached hydrogen (secondary N) is 2. The van der Waals surface area contributed by atoms with Gasteiger partial charge < -0.3 is 19.4 Å². The van der Waals surface area contributed by atoms with E-state index in [-0.39, 0.29) is 41.8 Å². The minimum atomic E-state index is -0.581. The van der Waals surface area contributed by atoms with Crippen LogP contribution in [0.3, 0.4) is 0 Å². The molecule has 10 heteroatoms. The second-order valence-electron chi connectivity index (χ2n) is 16.4. The molecule has 3 heterocycles. The topological polar surface area (TPSA) is 116 Å². The van der Waals surface area contributed by atoms with E-state index in [1.165, 1.54) is 0 Å². The molecule has 2 amide bonds. The van der Waals surface area contributed by atoms with E-state index in [1.807, 2.05) is 72.7 Å². The second kappa shape index (κ2) is 12.9. The Morgan fingerprint density at radius 1 is 0.840 bits per heavy atom. The lowest BCUT2D eigenvalue weighted by atomic mass is 10.0. The van der Waals surface area contributed by atoms with Gasteiger partial charge in [-0.2, -0.15) is 0 Å². The van der Waals surface area contributed by atoms with Crippen molar-refractivity contribution in [2.75, 3.05) is 0 Å². The summed E-state index contributed by atoms with van der Waals surface area (Å²) in [5, 5.41) is 0. The summed E-state index contributed by atoms with van der Waals surface area (Å²) in [7, 11) is 0. The first-order chi connectivity index (χ1) is 23.5. The zero-order valence-corrected chi connectivity index (χ0v) is 31.1. The van der Waals surface area contributed by atoms with Crippen LogP contribution in [0.1, 0.15) is 112 Å². The van der Waals surface area contributed by atoms with Crippen molar-refractivity contribution >= 4 is 12.2 Å². The van der Waals surface area contributed by atoms with Crippen molar-refractivity contribution < 1.29 is 19.1 Å². The number of hydrogen-bond donors (Lipinski definition) is 2. The molecule has 0 radical (unpaired) electrons. The van der Waals surface area contributed by atoms with Crippen LogP contribution < -0.4 is 0 Å². The number of ether oxygens (including phenoxy) is 2. The minimum absolute atomic E-state index is 0.0556. The van der Waals surface area contributed by atoms with Crippen LogP contribution in [0, 0.1) is 5.41 Å². The third-order valence-corrected chi connectivity index (χ3v) is 9.64. The summed E-state index contributed by atoms with van der Waals surface area (Å²) >= 11 is 0. The standard InChI is InChI=1S/C40H52N6O4/c1-11-31(45(24(2)3)36(47)49-38(4,5)6)34-41-22-29(43-34)27-16-12-25(13-17-27)26-14-18-28(19-15-26)30-23-42-35(44-30)32-20-40(10)21-33(40)46(32)37(48)50-39(7,8)9/h12-19,22-24,31-33H,11,20-21H2,1-10H3,(H,41,43)(H,42,44)/t31-,32-,33+,40-/m0/s1. The molecule has 4 atom stereocenters. The molecule has 2 aromatic carbocycles. The van der Waals surface area contributed by atoms with Gasteiger partial charge in [-0.3, -0.25) is 9.80 Å². The summed E-state index contributed by atoms with van der Waals surface area (Å²) in [4.78, 5) is 46.5. The zero-order valence-electron chi connectivity index (χ0n) is 31.1. The molecule has 50 heavy (non-hydrogen) atoms. The highest BCUT2D eigenvalue weighted by atomic mass is 16.6. The summed E-state index contributed by atoms with van der Waals surface area (Å²) < 4.78 is 11.5. The van der Waals surface area contributed by atoms with Gasteiger partial charge in [-0.25, -0.2) is 19.6 Å². The number of hydrogen-bond acceptors (Lipinski definition) is 6. The molecule has 4 aromatic rings. The van der Waals surface area contributed by atoms with Crippen LogP contribution in [0.4, 0.5) is 9.59 Å². The first kappa shape index (κ1) is 35.2. The highest BCUT2D eigenvalue weighted by Crippen LogP contribution is 2.63. The Bertz CT molecular complexity index is 1720. The van der Waals surface area contributed by atoms with Gasteiger partial charge in [-0.05, 0) is 91.2 Å². The third kappa shape index (κ3) is 7.30. The van der Waals surface area contributed by atoms with Crippen molar-refractivity contribution in [1.29, 1.82) is 0 Å². The third-order valence-electron chi connectivity index (χ3n) is 9.64. The van der Waals surface area contributed by atoms with Gasteiger partial charge in [0.2, 0.25) is 0 Å². The molecule has 1 saturated carbocycles. The first-order valence-corrected chi connectivity index (χ1v) is 17.8. The zero-order chi connectivity index (χ0) is 36.2. The van der Waals surface area contributed by atoms with Crippen molar-refractivity contribution in [3.8, 4) is 33.6 Å². The fraction of sp³-hybridized carbons (Fsp3) is 0.500. The van der Waals surface area contributed by atoms with E-state index in [0.717, 1.165) is 58.1 Å². The maximum atomic E-state index is 13.2. The molecule has 0 unspecified atom stereocenters. The lowest BCUT2D eigenvalue weighted by Gasteiger charge is -2.35. The lowest BCUT2D eigenvalue weighted by Crippen LogP contribution is -2.43. The number of nitrogens with zero attached hydrogens (tertiary/aromatic N) is 4. The number of benzene rings is 2. The number of carbonyl (C=O) groups excluding carboxylic acids is 2. The van der Waals surface area contributed by atoms with Gasteiger partial charge in [-0.15, -0.1) is 0 Å². The molecule has 2 fully saturated rings. The van der Waals surface area contributed by atoms with Gasteiger partial charge in [0, 0.05) is 35.6 Å². The molecular formula is C40H52N6O4. The van der Waals surface area contributed by atoms with E-state index in [0.29, 0.717) is 6.42 Å². The average molecular weight is 681 g/mol. The number of rotatable bonds is 8. The van der Waals surface area contributed by atoms with Crippen LogP contribution in [0.25, 0.3) is 33.6 Å². The van der Waals surface area contributed by atoms with Crippen molar-refractivity contribution in [3.05, 3.63) is 72.6 Å². The maximum absolute atomic E-state index is 13.2. The van der Waals surface area contributed by atoms with Crippen LogP contribution in [0.15, 0.2) is 60.9 Å². The predicted octanol–water partition coefficient (Wildman–Crippen LogP) is 9.69. The summed E-state index contributed by atoms with van der Waals surface area (Å²) in [5.41, 5.74) is 4.83. The van der Waals surface area contributed by atoms with Crippen LogP contribution in [-0.4, -0.2) is 65.2 Å².